The first-order valence-corrected chi connectivity index (χ1v) is 13.5. The maximum absolute atomic E-state index is 13.7. The summed E-state index contributed by atoms with van der Waals surface area (Å²) in [5, 5.41) is 14.7. The number of imide groups is 1. The molecule has 41 heavy (non-hydrogen) atoms. The zero-order valence-corrected chi connectivity index (χ0v) is 23.3. The molecule has 0 aliphatic carbocycles. The molecular weight excluding hydrogens is 516 g/mol. The van der Waals surface area contributed by atoms with E-state index in [1.54, 1.807) is 29.8 Å². The third-order valence-electron chi connectivity index (χ3n) is 7.00. The molecule has 1 aliphatic rings. The molecule has 8 heteroatoms. The number of aromatic nitrogens is 2. The Morgan fingerprint density at radius 3 is 2.54 bits per heavy atom. The van der Waals surface area contributed by atoms with Gasteiger partial charge in [0.2, 0.25) is 0 Å². The van der Waals surface area contributed by atoms with Gasteiger partial charge in [-0.1, -0.05) is 31.5 Å². The number of amides is 2. The molecule has 2 amide bonds. The lowest BCUT2D eigenvalue weighted by Crippen LogP contribution is -2.42. The van der Waals surface area contributed by atoms with Crippen LogP contribution in [0.25, 0.3) is 23.0 Å². The zero-order valence-electron chi connectivity index (χ0n) is 23.3. The quantitative estimate of drug-likeness (QED) is 0.137. The minimum Gasteiger partial charge on any atom is -0.494 e. The summed E-state index contributed by atoms with van der Waals surface area (Å²) in [6, 6.07) is 20.9. The lowest BCUT2D eigenvalue weighted by Gasteiger charge is -2.26. The number of hydrogen-bond donors (Lipinski definition) is 0. The molecule has 0 fully saturated rings. The molecule has 0 saturated carbocycles. The van der Waals surface area contributed by atoms with Gasteiger partial charge < -0.3 is 9.15 Å². The van der Waals surface area contributed by atoms with Gasteiger partial charge in [0.25, 0.3) is 11.8 Å². The molecule has 0 unspecified atom stereocenters. The van der Waals surface area contributed by atoms with Gasteiger partial charge in [0.05, 0.1) is 25.1 Å². The van der Waals surface area contributed by atoms with E-state index in [0.717, 1.165) is 40.3 Å². The molecule has 0 bridgehead atoms. The van der Waals surface area contributed by atoms with E-state index >= 15 is 0 Å². The van der Waals surface area contributed by atoms with Crippen LogP contribution in [0.2, 0.25) is 0 Å². The zero-order chi connectivity index (χ0) is 28.9. The SMILES string of the molecule is CCCCOc1ccc(-c2nn(-c3ccccc3)cc2/C=C2/C(=O)N(Cc3ccco3)C(=O)C(C#N)=C2C)c(C)c1. The van der Waals surface area contributed by atoms with E-state index in [0.29, 0.717) is 29.2 Å². The van der Waals surface area contributed by atoms with Crippen molar-refractivity contribution in [2.45, 2.75) is 40.2 Å². The van der Waals surface area contributed by atoms with E-state index < -0.39 is 11.8 Å². The molecule has 206 valence electrons. The van der Waals surface area contributed by atoms with Crippen LogP contribution < -0.4 is 4.74 Å². The summed E-state index contributed by atoms with van der Waals surface area (Å²) in [4.78, 5) is 27.8. The Morgan fingerprint density at radius 1 is 1.05 bits per heavy atom. The molecule has 2 aromatic carbocycles. The first-order valence-electron chi connectivity index (χ1n) is 13.5. The number of para-hydroxylation sites is 1. The van der Waals surface area contributed by atoms with Crippen LogP contribution in [0, 0.1) is 18.3 Å². The summed E-state index contributed by atoms with van der Waals surface area (Å²) < 4.78 is 13.0. The predicted molar refractivity (Wildman–Crippen MR) is 155 cm³/mol. The highest BCUT2D eigenvalue weighted by Gasteiger charge is 2.36. The van der Waals surface area contributed by atoms with Crippen LogP contribution in [-0.4, -0.2) is 33.1 Å². The van der Waals surface area contributed by atoms with Gasteiger partial charge in [0.15, 0.2) is 0 Å². The number of aryl methyl sites for hydroxylation is 1. The van der Waals surface area contributed by atoms with Gasteiger partial charge in [0.1, 0.15) is 28.8 Å². The fourth-order valence-corrected chi connectivity index (χ4v) is 4.73. The highest BCUT2D eigenvalue weighted by atomic mass is 16.5. The summed E-state index contributed by atoms with van der Waals surface area (Å²) in [5.74, 6) is 0.0855. The van der Waals surface area contributed by atoms with E-state index in [2.05, 4.69) is 6.92 Å². The Hall–Kier alpha value is -5.16. The van der Waals surface area contributed by atoms with E-state index in [1.807, 2.05) is 67.7 Å². The Bertz CT molecular complexity index is 1690. The maximum Gasteiger partial charge on any atom is 0.272 e. The largest absolute Gasteiger partial charge is 0.494 e. The smallest absolute Gasteiger partial charge is 0.272 e. The second kappa shape index (κ2) is 11.9. The Morgan fingerprint density at radius 2 is 1.85 bits per heavy atom. The van der Waals surface area contributed by atoms with Crippen molar-refractivity contribution in [3.8, 4) is 28.8 Å². The Kier molecular flexibility index (Phi) is 7.97. The molecule has 5 rings (SSSR count). The molecule has 0 spiro atoms. The van der Waals surface area contributed by atoms with Gasteiger partial charge in [-0.3, -0.25) is 14.5 Å². The fourth-order valence-electron chi connectivity index (χ4n) is 4.73. The summed E-state index contributed by atoms with van der Waals surface area (Å²) in [5.41, 5.74) is 4.52. The second-order valence-electron chi connectivity index (χ2n) is 9.84. The number of carbonyl (C=O) groups is 2. The van der Waals surface area contributed by atoms with Crippen molar-refractivity contribution in [3.05, 3.63) is 107 Å². The van der Waals surface area contributed by atoms with Gasteiger partial charge >= 0.3 is 0 Å². The van der Waals surface area contributed by atoms with Crippen LogP contribution in [0.1, 0.15) is 43.6 Å². The monoisotopic (exact) mass is 546 g/mol. The highest BCUT2D eigenvalue weighted by molar-refractivity contribution is 6.19. The average Bonchev–Trinajstić information content (AvgIpc) is 3.65. The standard InChI is InChI=1S/C33H30N4O4/c1-4-5-15-40-26-13-14-28(22(2)17-26)31-24(20-37(35-31)25-10-7-6-8-11-25)18-29-23(3)30(19-34)33(39)36(32(29)38)21-27-12-9-16-41-27/h6-14,16-18,20H,4-5,15,21H2,1-3H3/b29-18+. The van der Waals surface area contributed by atoms with Crippen molar-refractivity contribution in [1.29, 1.82) is 5.26 Å². The predicted octanol–water partition coefficient (Wildman–Crippen LogP) is 6.41. The number of unbranched alkanes of at least 4 members (excludes halogenated alkanes) is 1. The van der Waals surface area contributed by atoms with Crippen molar-refractivity contribution >= 4 is 17.9 Å². The third-order valence-corrected chi connectivity index (χ3v) is 7.00. The highest BCUT2D eigenvalue weighted by Crippen LogP contribution is 2.34. The fraction of sp³-hybridized carbons (Fsp3) is 0.212. The molecule has 8 nitrogen and oxygen atoms in total. The van der Waals surface area contributed by atoms with E-state index in [-0.39, 0.29) is 17.7 Å². The summed E-state index contributed by atoms with van der Waals surface area (Å²) in [6.07, 6.45) is 7.07. The minimum absolute atomic E-state index is 0.0742. The number of carbonyl (C=O) groups excluding carboxylic acids is 2. The number of nitrogens with zero attached hydrogens (tertiary/aromatic N) is 4. The summed E-state index contributed by atoms with van der Waals surface area (Å²) in [6.45, 7) is 6.32. The van der Waals surface area contributed by atoms with Crippen LogP contribution >= 0.6 is 0 Å². The van der Waals surface area contributed by atoms with Gasteiger partial charge in [-0.25, -0.2) is 4.68 Å². The van der Waals surface area contributed by atoms with Crippen LogP contribution in [0.3, 0.4) is 0 Å². The van der Waals surface area contributed by atoms with Crippen molar-refractivity contribution in [3.63, 3.8) is 0 Å². The van der Waals surface area contributed by atoms with Crippen molar-refractivity contribution in [2.24, 2.45) is 0 Å². The number of furan rings is 1. The molecule has 0 N–H and O–H groups in total. The molecule has 0 radical (unpaired) electrons. The number of hydrogen-bond acceptors (Lipinski definition) is 6. The van der Waals surface area contributed by atoms with Gasteiger partial charge in [-0.2, -0.15) is 10.4 Å². The van der Waals surface area contributed by atoms with Crippen molar-refractivity contribution in [2.75, 3.05) is 6.61 Å². The number of benzene rings is 2. The first kappa shape index (κ1) is 27.4. The Labute approximate surface area is 238 Å². The molecule has 0 atom stereocenters. The van der Waals surface area contributed by atoms with Crippen LogP contribution in [0.5, 0.6) is 5.75 Å². The minimum atomic E-state index is -0.640. The molecule has 4 aromatic rings. The summed E-state index contributed by atoms with van der Waals surface area (Å²) >= 11 is 0. The molecule has 0 saturated heterocycles. The Balaban J connectivity index is 1.62. The van der Waals surface area contributed by atoms with Crippen LogP contribution in [0.15, 0.2) is 94.3 Å². The van der Waals surface area contributed by atoms with E-state index in [1.165, 1.54) is 6.26 Å². The van der Waals surface area contributed by atoms with Crippen molar-refractivity contribution < 1.29 is 18.7 Å². The van der Waals surface area contributed by atoms with E-state index in [4.69, 9.17) is 14.3 Å². The normalized spacial score (nSPS) is 14.6. The summed E-state index contributed by atoms with van der Waals surface area (Å²) in [7, 11) is 0. The van der Waals surface area contributed by atoms with E-state index in [9.17, 15) is 14.9 Å². The third kappa shape index (κ3) is 5.61. The van der Waals surface area contributed by atoms with Crippen LogP contribution in [0.4, 0.5) is 0 Å². The molecule has 2 aromatic heterocycles. The lowest BCUT2D eigenvalue weighted by molar-refractivity contribution is -0.141. The van der Waals surface area contributed by atoms with Gasteiger partial charge in [-0.15, -0.1) is 0 Å². The molecular formula is C33H30N4O4. The average molecular weight is 547 g/mol. The number of ether oxygens (including phenoxy) is 1. The number of rotatable bonds is 9. The van der Waals surface area contributed by atoms with Crippen LogP contribution in [-0.2, 0) is 16.1 Å². The van der Waals surface area contributed by atoms with Gasteiger partial charge in [0, 0.05) is 22.9 Å². The topological polar surface area (TPSA) is 101 Å². The lowest BCUT2D eigenvalue weighted by atomic mass is 9.92. The van der Waals surface area contributed by atoms with Crippen molar-refractivity contribution in [1.82, 2.24) is 14.7 Å². The molecule has 1 aliphatic heterocycles. The molecule has 3 heterocycles. The second-order valence-corrected chi connectivity index (χ2v) is 9.84. The number of nitriles is 1. The van der Waals surface area contributed by atoms with Gasteiger partial charge in [-0.05, 0) is 79.9 Å². The maximum atomic E-state index is 13.7. The first-order chi connectivity index (χ1) is 19.9.